The molecule has 0 spiro atoms. The van der Waals surface area contributed by atoms with Gasteiger partial charge in [0.25, 0.3) is 0 Å². The van der Waals surface area contributed by atoms with Gasteiger partial charge in [0.15, 0.2) is 0 Å². The topological polar surface area (TPSA) is 85.4 Å². The van der Waals surface area contributed by atoms with Crippen LogP contribution < -0.4 is 5.73 Å². The van der Waals surface area contributed by atoms with Gasteiger partial charge in [-0.25, -0.2) is 9.78 Å². The maximum absolute atomic E-state index is 11.0. The average Bonchev–Trinajstić information content (AvgIpc) is 2.56. The summed E-state index contributed by atoms with van der Waals surface area (Å²) in [6.07, 6.45) is 0. The van der Waals surface area contributed by atoms with E-state index in [2.05, 4.69) is 4.98 Å². The van der Waals surface area contributed by atoms with Crippen molar-refractivity contribution < 1.29 is 14.6 Å². The van der Waals surface area contributed by atoms with Gasteiger partial charge in [-0.3, -0.25) is 0 Å². The highest BCUT2D eigenvalue weighted by atomic mass is 32.1. The summed E-state index contributed by atoms with van der Waals surface area (Å²) in [5.74, 6) is -1.02. The first-order valence-corrected chi connectivity index (χ1v) is 5.77. The Morgan fingerprint density at radius 1 is 1.65 bits per heavy atom. The van der Waals surface area contributed by atoms with Crippen LogP contribution >= 0.6 is 11.3 Å². The van der Waals surface area contributed by atoms with Gasteiger partial charge < -0.3 is 15.6 Å². The van der Waals surface area contributed by atoms with E-state index in [0.29, 0.717) is 16.8 Å². The molecule has 0 aliphatic carbocycles. The number of nitrogens with two attached hydrogens (primary N) is 1. The predicted octanol–water partition coefficient (Wildman–Crippen LogP) is 2.03. The molecule has 0 saturated heterocycles. The SMILES string of the molecule is COCc1cc(C)nc2sc(C(=O)O)c(N)c12. The van der Waals surface area contributed by atoms with Gasteiger partial charge in [-0.05, 0) is 18.6 Å². The lowest BCUT2D eigenvalue weighted by molar-refractivity contribution is 0.0703. The largest absolute Gasteiger partial charge is 0.477 e. The molecule has 0 aliphatic heterocycles. The van der Waals surface area contributed by atoms with Crippen LogP contribution in [0.3, 0.4) is 0 Å². The number of methoxy groups -OCH3 is 1. The van der Waals surface area contributed by atoms with E-state index in [-0.39, 0.29) is 10.6 Å². The Hall–Kier alpha value is -1.66. The molecule has 90 valence electrons. The van der Waals surface area contributed by atoms with Crippen molar-refractivity contribution in [2.24, 2.45) is 0 Å². The van der Waals surface area contributed by atoms with Crippen LogP contribution in [-0.4, -0.2) is 23.2 Å². The van der Waals surface area contributed by atoms with Crippen LogP contribution in [0.15, 0.2) is 6.07 Å². The number of aromatic carboxylic acids is 1. The number of fused-ring (bicyclic) bond motifs is 1. The van der Waals surface area contributed by atoms with E-state index in [1.807, 2.05) is 13.0 Å². The fraction of sp³-hybridized carbons (Fsp3) is 0.273. The molecule has 17 heavy (non-hydrogen) atoms. The Bertz CT molecular complexity index is 592. The molecule has 5 nitrogen and oxygen atoms in total. The summed E-state index contributed by atoms with van der Waals surface area (Å²) in [6, 6.07) is 1.86. The van der Waals surface area contributed by atoms with Crippen molar-refractivity contribution in [2.75, 3.05) is 12.8 Å². The number of nitrogens with zero attached hydrogens (tertiary/aromatic N) is 1. The smallest absolute Gasteiger partial charge is 0.348 e. The highest BCUT2D eigenvalue weighted by Crippen LogP contribution is 2.35. The normalized spacial score (nSPS) is 10.9. The van der Waals surface area contributed by atoms with E-state index in [4.69, 9.17) is 15.6 Å². The Morgan fingerprint density at radius 2 is 2.35 bits per heavy atom. The lowest BCUT2D eigenvalue weighted by atomic mass is 10.1. The molecule has 0 aliphatic rings. The van der Waals surface area contributed by atoms with Crippen LogP contribution in [-0.2, 0) is 11.3 Å². The first-order chi connectivity index (χ1) is 8.04. The average molecular weight is 252 g/mol. The first-order valence-electron chi connectivity index (χ1n) is 4.95. The molecule has 2 rings (SSSR count). The zero-order valence-electron chi connectivity index (χ0n) is 9.48. The molecule has 2 aromatic rings. The number of hydrogen-bond donors (Lipinski definition) is 2. The van der Waals surface area contributed by atoms with Crippen molar-refractivity contribution in [2.45, 2.75) is 13.5 Å². The molecular formula is C11H12N2O3S. The van der Waals surface area contributed by atoms with Gasteiger partial charge in [-0.2, -0.15) is 0 Å². The lowest BCUT2D eigenvalue weighted by Crippen LogP contribution is -1.99. The lowest BCUT2D eigenvalue weighted by Gasteiger charge is -2.04. The molecule has 0 aromatic carbocycles. The third-order valence-corrected chi connectivity index (χ3v) is 3.49. The number of ether oxygens (including phenoxy) is 1. The highest BCUT2D eigenvalue weighted by Gasteiger charge is 2.19. The zero-order valence-corrected chi connectivity index (χ0v) is 10.3. The van der Waals surface area contributed by atoms with Gasteiger partial charge in [-0.15, -0.1) is 11.3 Å². The van der Waals surface area contributed by atoms with Gasteiger partial charge in [0.2, 0.25) is 0 Å². The Morgan fingerprint density at radius 3 is 2.94 bits per heavy atom. The molecule has 0 unspecified atom stereocenters. The molecule has 0 atom stereocenters. The molecule has 2 aromatic heterocycles. The zero-order chi connectivity index (χ0) is 12.6. The minimum atomic E-state index is -1.02. The number of pyridine rings is 1. The van der Waals surface area contributed by atoms with E-state index >= 15 is 0 Å². The van der Waals surface area contributed by atoms with E-state index in [9.17, 15) is 4.79 Å². The molecule has 6 heteroatoms. The van der Waals surface area contributed by atoms with Gasteiger partial charge >= 0.3 is 5.97 Å². The second-order valence-corrected chi connectivity index (χ2v) is 4.69. The van der Waals surface area contributed by atoms with E-state index in [1.165, 1.54) is 0 Å². The molecule has 0 amide bonds. The number of carboxylic acid groups (broad SMARTS) is 1. The second kappa shape index (κ2) is 4.31. The third kappa shape index (κ3) is 1.96. The van der Waals surface area contributed by atoms with E-state index < -0.39 is 5.97 Å². The molecule has 3 N–H and O–H groups in total. The number of hydrogen-bond acceptors (Lipinski definition) is 5. The van der Waals surface area contributed by atoms with Crippen molar-refractivity contribution in [1.29, 1.82) is 0 Å². The van der Waals surface area contributed by atoms with Crippen molar-refractivity contribution in [3.05, 3.63) is 22.2 Å². The van der Waals surface area contributed by atoms with E-state index in [1.54, 1.807) is 7.11 Å². The number of anilines is 1. The van der Waals surface area contributed by atoms with Crippen LogP contribution in [0.4, 0.5) is 5.69 Å². The van der Waals surface area contributed by atoms with Crippen molar-refractivity contribution in [3.8, 4) is 0 Å². The Balaban J connectivity index is 2.77. The predicted molar refractivity (Wildman–Crippen MR) is 66.4 cm³/mol. The second-order valence-electron chi connectivity index (χ2n) is 3.69. The van der Waals surface area contributed by atoms with Crippen molar-refractivity contribution in [3.63, 3.8) is 0 Å². The standard InChI is InChI=1S/C11H12N2O3S/c1-5-3-6(4-16-2)7-8(12)9(11(14)15)17-10(7)13-5/h3H,4,12H2,1-2H3,(H,14,15). The van der Waals surface area contributed by atoms with Gasteiger partial charge in [0.1, 0.15) is 9.71 Å². The number of rotatable bonds is 3. The summed E-state index contributed by atoms with van der Waals surface area (Å²) in [6.45, 7) is 2.24. The molecule has 2 heterocycles. The maximum atomic E-state index is 11.0. The molecule has 0 saturated carbocycles. The summed E-state index contributed by atoms with van der Waals surface area (Å²) < 4.78 is 5.09. The number of thiophene rings is 1. The fourth-order valence-electron chi connectivity index (χ4n) is 1.77. The number of carbonyl (C=O) groups is 1. The first kappa shape index (κ1) is 11.8. The number of carboxylic acids is 1. The Labute approximate surface area is 102 Å². The van der Waals surface area contributed by atoms with Crippen LogP contribution in [0, 0.1) is 6.92 Å². The van der Waals surface area contributed by atoms with Gasteiger partial charge in [0, 0.05) is 18.2 Å². The van der Waals surface area contributed by atoms with Crippen LogP contribution in [0.5, 0.6) is 0 Å². The summed E-state index contributed by atoms with van der Waals surface area (Å²) >= 11 is 1.09. The molecular weight excluding hydrogens is 240 g/mol. The summed E-state index contributed by atoms with van der Waals surface area (Å²) in [4.78, 5) is 16.1. The quantitative estimate of drug-likeness (QED) is 0.873. The van der Waals surface area contributed by atoms with Crippen molar-refractivity contribution >= 4 is 33.2 Å². The number of aromatic nitrogens is 1. The number of aryl methyl sites for hydroxylation is 1. The third-order valence-electron chi connectivity index (χ3n) is 2.40. The minimum absolute atomic E-state index is 0.135. The maximum Gasteiger partial charge on any atom is 0.348 e. The van der Waals surface area contributed by atoms with Gasteiger partial charge in [-0.1, -0.05) is 0 Å². The van der Waals surface area contributed by atoms with Gasteiger partial charge in [0.05, 0.1) is 12.3 Å². The minimum Gasteiger partial charge on any atom is -0.477 e. The molecule has 0 radical (unpaired) electrons. The van der Waals surface area contributed by atoms with E-state index in [0.717, 1.165) is 22.6 Å². The molecule has 0 fully saturated rings. The highest BCUT2D eigenvalue weighted by molar-refractivity contribution is 7.21. The summed E-state index contributed by atoms with van der Waals surface area (Å²) in [5.41, 5.74) is 7.82. The monoisotopic (exact) mass is 252 g/mol. The summed E-state index contributed by atoms with van der Waals surface area (Å²) in [5, 5.41) is 9.72. The van der Waals surface area contributed by atoms with Crippen molar-refractivity contribution in [1.82, 2.24) is 4.98 Å². The van der Waals surface area contributed by atoms with Crippen LogP contribution in [0.1, 0.15) is 20.9 Å². The summed E-state index contributed by atoms with van der Waals surface area (Å²) in [7, 11) is 1.59. The van der Waals surface area contributed by atoms with Crippen LogP contribution in [0.25, 0.3) is 10.2 Å². The number of nitrogen functional groups attached to an aromatic ring is 1. The fourth-order valence-corrected chi connectivity index (χ4v) is 2.79. The molecule has 0 bridgehead atoms. The van der Waals surface area contributed by atoms with Crippen LogP contribution in [0.2, 0.25) is 0 Å². The Kier molecular flexibility index (Phi) is 2.99.